The monoisotopic (exact) mass is 247 g/mol. The van der Waals surface area contributed by atoms with E-state index in [9.17, 15) is 0 Å². The SMILES string of the molecule is C=C1CC(=C)C(c2ccccc2)(c2ccccc2)N1. The minimum absolute atomic E-state index is 0.334. The van der Waals surface area contributed by atoms with E-state index >= 15 is 0 Å². The predicted octanol–water partition coefficient (Wildman–Crippen LogP) is 3.99. The van der Waals surface area contributed by atoms with Gasteiger partial charge in [-0.15, -0.1) is 0 Å². The zero-order valence-corrected chi connectivity index (χ0v) is 10.9. The van der Waals surface area contributed by atoms with Crippen LogP contribution in [-0.2, 0) is 5.54 Å². The van der Waals surface area contributed by atoms with Gasteiger partial charge >= 0.3 is 0 Å². The topological polar surface area (TPSA) is 12.0 Å². The summed E-state index contributed by atoms with van der Waals surface area (Å²) in [5.74, 6) is 0. The van der Waals surface area contributed by atoms with Crippen molar-refractivity contribution in [1.29, 1.82) is 0 Å². The molecular formula is C18H17N. The largest absolute Gasteiger partial charge is 0.372 e. The quantitative estimate of drug-likeness (QED) is 0.791. The molecule has 2 aromatic carbocycles. The lowest BCUT2D eigenvalue weighted by molar-refractivity contribution is 0.573. The Labute approximate surface area is 114 Å². The van der Waals surface area contributed by atoms with Crippen LogP contribution in [0.3, 0.4) is 0 Å². The Hall–Kier alpha value is -2.28. The van der Waals surface area contributed by atoms with Crippen molar-refractivity contribution in [3.63, 3.8) is 0 Å². The van der Waals surface area contributed by atoms with Gasteiger partial charge in [0.15, 0.2) is 0 Å². The number of hydrogen-bond acceptors (Lipinski definition) is 1. The minimum Gasteiger partial charge on any atom is -0.372 e. The summed E-state index contributed by atoms with van der Waals surface area (Å²) in [4.78, 5) is 0. The maximum atomic E-state index is 4.29. The van der Waals surface area contributed by atoms with E-state index in [0.29, 0.717) is 0 Å². The van der Waals surface area contributed by atoms with E-state index in [1.165, 1.54) is 11.1 Å². The van der Waals surface area contributed by atoms with Crippen LogP contribution in [-0.4, -0.2) is 0 Å². The number of rotatable bonds is 2. The van der Waals surface area contributed by atoms with Crippen molar-refractivity contribution in [2.45, 2.75) is 12.0 Å². The lowest BCUT2D eigenvalue weighted by atomic mass is 9.79. The average molecular weight is 247 g/mol. The number of nitrogens with one attached hydrogen (secondary N) is 1. The molecule has 0 atom stereocenters. The fraction of sp³-hybridized carbons (Fsp3) is 0.111. The van der Waals surface area contributed by atoms with E-state index in [4.69, 9.17) is 0 Å². The van der Waals surface area contributed by atoms with Crippen molar-refractivity contribution in [3.8, 4) is 0 Å². The summed E-state index contributed by atoms with van der Waals surface area (Å²) in [6.45, 7) is 8.37. The molecule has 94 valence electrons. The third-order valence-electron chi connectivity index (χ3n) is 3.73. The summed E-state index contributed by atoms with van der Waals surface area (Å²) in [6.07, 6.45) is 0.823. The first-order chi connectivity index (χ1) is 9.23. The molecule has 0 amide bonds. The van der Waals surface area contributed by atoms with Gasteiger partial charge in [0.05, 0.1) is 0 Å². The molecule has 1 saturated heterocycles. The zero-order chi connectivity index (χ0) is 13.3. The van der Waals surface area contributed by atoms with Gasteiger partial charge in [-0.05, 0) is 16.7 Å². The molecule has 0 spiro atoms. The van der Waals surface area contributed by atoms with Crippen LogP contribution < -0.4 is 5.32 Å². The standard InChI is InChI=1S/C18H17N/c1-14-13-15(2)19-18(14,16-9-5-3-6-10-16)17-11-7-4-8-12-17/h3-12,19H,1-2,13H2. The second kappa shape index (κ2) is 4.43. The Bertz CT molecular complexity index is 571. The summed E-state index contributed by atoms with van der Waals surface area (Å²) in [5.41, 5.74) is 4.27. The van der Waals surface area contributed by atoms with Crippen molar-refractivity contribution >= 4 is 0 Å². The molecule has 0 unspecified atom stereocenters. The second-order valence-corrected chi connectivity index (χ2v) is 4.99. The van der Waals surface area contributed by atoms with Gasteiger partial charge in [0.2, 0.25) is 0 Å². The summed E-state index contributed by atoms with van der Waals surface area (Å²) >= 11 is 0. The van der Waals surface area contributed by atoms with Crippen LogP contribution in [0.1, 0.15) is 17.5 Å². The first kappa shape index (κ1) is 11.8. The van der Waals surface area contributed by atoms with E-state index in [0.717, 1.165) is 17.7 Å². The average Bonchev–Trinajstić information content (AvgIpc) is 2.76. The maximum absolute atomic E-state index is 4.29. The predicted molar refractivity (Wildman–Crippen MR) is 79.7 cm³/mol. The first-order valence-electron chi connectivity index (χ1n) is 6.49. The van der Waals surface area contributed by atoms with Crippen LogP contribution in [0.4, 0.5) is 0 Å². The van der Waals surface area contributed by atoms with Gasteiger partial charge in [-0.3, -0.25) is 0 Å². The molecule has 0 aliphatic carbocycles. The van der Waals surface area contributed by atoms with Crippen LogP contribution in [0.15, 0.2) is 85.1 Å². The Morgan fingerprint density at radius 2 is 1.26 bits per heavy atom. The summed E-state index contributed by atoms with van der Waals surface area (Å²) < 4.78 is 0. The van der Waals surface area contributed by atoms with Gasteiger partial charge in [-0.1, -0.05) is 73.8 Å². The summed E-state index contributed by atoms with van der Waals surface area (Å²) in [5, 5.41) is 3.56. The smallest absolute Gasteiger partial charge is 0.110 e. The van der Waals surface area contributed by atoms with Gasteiger partial charge in [-0.2, -0.15) is 0 Å². The van der Waals surface area contributed by atoms with Gasteiger partial charge < -0.3 is 5.32 Å². The molecule has 0 aromatic heterocycles. The fourth-order valence-electron chi connectivity index (χ4n) is 2.88. The lowest BCUT2D eigenvalue weighted by Gasteiger charge is -2.32. The molecule has 3 rings (SSSR count). The highest BCUT2D eigenvalue weighted by Crippen LogP contribution is 2.43. The van der Waals surface area contributed by atoms with Gasteiger partial charge in [0.25, 0.3) is 0 Å². The van der Waals surface area contributed by atoms with E-state index in [1.54, 1.807) is 0 Å². The van der Waals surface area contributed by atoms with Crippen molar-refractivity contribution in [3.05, 3.63) is 96.2 Å². The van der Waals surface area contributed by atoms with Crippen LogP contribution in [0.25, 0.3) is 0 Å². The van der Waals surface area contributed by atoms with Gasteiger partial charge in [0.1, 0.15) is 5.54 Å². The van der Waals surface area contributed by atoms with Gasteiger partial charge in [-0.25, -0.2) is 0 Å². The lowest BCUT2D eigenvalue weighted by Crippen LogP contribution is -2.38. The molecule has 0 saturated carbocycles. The van der Waals surface area contributed by atoms with Crippen LogP contribution in [0, 0.1) is 0 Å². The molecule has 19 heavy (non-hydrogen) atoms. The number of hydrogen-bond donors (Lipinski definition) is 1. The van der Waals surface area contributed by atoms with Crippen LogP contribution in [0.2, 0.25) is 0 Å². The number of benzene rings is 2. The minimum atomic E-state index is -0.334. The Balaban J connectivity index is 2.23. The Kier molecular flexibility index (Phi) is 2.75. The van der Waals surface area contributed by atoms with Crippen molar-refractivity contribution in [2.24, 2.45) is 0 Å². The highest BCUT2D eigenvalue weighted by Gasteiger charge is 2.41. The molecule has 2 aromatic rings. The third kappa shape index (κ3) is 1.78. The highest BCUT2D eigenvalue weighted by atomic mass is 15.0. The van der Waals surface area contributed by atoms with Crippen molar-refractivity contribution in [2.75, 3.05) is 0 Å². The van der Waals surface area contributed by atoms with Crippen molar-refractivity contribution in [1.82, 2.24) is 5.32 Å². The molecule has 1 heteroatoms. The van der Waals surface area contributed by atoms with Crippen LogP contribution in [0.5, 0.6) is 0 Å². The molecule has 1 nitrogen and oxygen atoms in total. The highest BCUT2D eigenvalue weighted by molar-refractivity contribution is 5.52. The van der Waals surface area contributed by atoms with E-state index in [2.05, 4.69) is 67.0 Å². The molecule has 1 heterocycles. The zero-order valence-electron chi connectivity index (χ0n) is 10.9. The Morgan fingerprint density at radius 3 is 1.63 bits per heavy atom. The summed E-state index contributed by atoms with van der Waals surface area (Å²) in [7, 11) is 0. The van der Waals surface area contributed by atoms with Crippen LogP contribution >= 0.6 is 0 Å². The molecule has 1 aliphatic rings. The summed E-state index contributed by atoms with van der Waals surface area (Å²) in [6, 6.07) is 20.9. The third-order valence-corrected chi connectivity index (χ3v) is 3.73. The normalized spacial score (nSPS) is 17.3. The molecule has 0 radical (unpaired) electrons. The van der Waals surface area contributed by atoms with E-state index in [1.807, 2.05) is 12.1 Å². The maximum Gasteiger partial charge on any atom is 0.110 e. The molecule has 1 N–H and O–H groups in total. The van der Waals surface area contributed by atoms with E-state index < -0.39 is 0 Å². The van der Waals surface area contributed by atoms with Crippen molar-refractivity contribution < 1.29 is 0 Å². The molecule has 1 fully saturated rings. The first-order valence-corrected chi connectivity index (χ1v) is 6.49. The molecular weight excluding hydrogens is 230 g/mol. The Morgan fingerprint density at radius 1 is 0.789 bits per heavy atom. The van der Waals surface area contributed by atoms with Gasteiger partial charge in [0, 0.05) is 12.1 Å². The van der Waals surface area contributed by atoms with E-state index in [-0.39, 0.29) is 5.54 Å². The second-order valence-electron chi connectivity index (χ2n) is 4.99. The molecule has 0 bridgehead atoms. The number of allylic oxidation sites excluding steroid dienone is 1. The fourth-order valence-corrected chi connectivity index (χ4v) is 2.88. The molecule has 1 aliphatic heterocycles.